The number of rotatable bonds is 3. The van der Waals surface area contributed by atoms with Crippen LogP contribution in [0.3, 0.4) is 0 Å². The standard InChI is InChI=1S/C10H12N2O4S/c1-5-6(8(13)15-2)7(9(14)16-3)12-10(11-5)17-4/h1-4H3. The highest BCUT2D eigenvalue weighted by Crippen LogP contribution is 2.17. The number of ether oxygens (including phenoxy) is 2. The number of carbonyl (C=O) groups excluding carboxylic acids is 2. The summed E-state index contributed by atoms with van der Waals surface area (Å²) in [4.78, 5) is 31.2. The maximum atomic E-state index is 11.6. The molecule has 0 aromatic carbocycles. The fraction of sp³-hybridized carbons (Fsp3) is 0.400. The Balaban J connectivity index is 3.45. The van der Waals surface area contributed by atoms with Crippen LogP contribution in [0.1, 0.15) is 26.5 Å². The Hall–Kier alpha value is -1.63. The molecule has 0 fully saturated rings. The Morgan fingerprint density at radius 1 is 1.12 bits per heavy atom. The van der Waals surface area contributed by atoms with E-state index in [9.17, 15) is 9.59 Å². The van der Waals surface area contributed by atoms with Crippen molar-refractivity contribution < 1.29 is 19.1 Å². The van der Waals surface area contributed by atoms with E-state index < -0.39 is 11.9 Å². The fourth-order valence-corrected chi connectivity index (χ4v) is 1.64. The molecule has 1 rings (SSSR count). The molecule has 0 saturated carbocycles. The minimum Gasteiger partial charge on any atom is -0.465 e. The third kappa shape index (κ3) is 2.73. The van der Waals surface area contributed by atoms with Crippen molar-refractivity contribution in [2.24, 2.45) is 0 Å². The van der Waals surface area contributed by atoms with Crippen LogP contribution in [0.15, 0.2) is 5.16 Å². The zero-order valence-corrected chi connectivity index (χ0v) is 10.8. The van der Waals surface area contributed by atoms with E-state index in [2.05, 4.69) is 19.4 Å². The number of esters is 2. The number of nitrogens with zero attached hydrogens (tertiary/aromatic N) is 2. The summed E-state index contributed by atoms with van der Waals surface area (Å²) in [5.41, 5.74) is 0.352. The van der Waals surface area contributed by atoms with Gasteiger partial charge in [0.2, 0.25) is 0 Å². The van der Waals surface area contributed by atoms with Gasteiger partial charge in [0.1, 0.15) is 5.56 Å². The number of aryl methyl sites for hydroxylation is 1. The van der Waals surface area contributed by atoms with Gasteiger partial charge < -0.3 is 9.47 Å². The Bertz CT molecular complexity index is 462. The monoisotopic (exact) mass is 256 g/mol. The molecule has 0 spiro atoms. The van der Waals surface area contributed by atoms with Crippen molar-refractivity contribution in [2.75, 3.05) is 20.5 Å². The summed E-state index contributed by atoms with van der Waals surface area (Å²) in [6.45, 7) is 1.61. The number of hydrogen-bond donors (Lipinski definition) is 0. The molecular weight excluding hydrogens is 244 g/mol. The molecule has 1 aromatic heterocycles. The van der Waals surface area contributed by atoms with Gasteiger partial charge in [-0.2, -0.15) is 0 Å². The van der Waals surface area contributed by atoms with Gasteiger partial charge in [0, 0.05) is 0 Å². The average molecular weight is 256 g/mol. The average Bonchev–Trinajstić information content (AvgIpc) is 2.35. The van der Waals surface area contributed by atoms with Gasteiger partial charge in [-0.05, 0) is 13.2 Å². The molecule has 0 N–H and O–H groups in total. The summed E-state index contributed by atoms with van der Waals surface area (Å²) in [5.74, 6) is -1.35. The lowest BCUT2D eigenvalue weighted by Crippen LogP contribution is -2.17. The smallest absolute Gasteiger partial charge is 0.357 e. The summed E-state index contributed by atoms with van der Waals surface area (Å²) in [5, 5.41) is 0.399. The molecular formula is C10H12N2O4S. The second-order valence-corrected chi connectivity index (χ2v) is 3.78. The minimum atomic E-state index is -0.689. The number of thioether (sulfide) groups is 1. The summed E-state index contributed by atoms with van der Waals surface area (Å²) >= 11 is 1.27. The van der Waals surface area contributed by atoms with Crippen LogP contribution >= 0.6 is 11.8 Å². The van der Waals surface area contributed by atoms with Gasteiger partial charge in [0.05, 0.1) is 19.9 Å². The van der Waals surface area contributed by atoms with Crippen molar-refractivity contribution in [1.29, 1.82) is 0 Å². The lowest BCUT2D eigenvalue weighted by atomic mass is 10.1. The van der Waals surface area contributed by atoms with Gasteiger partial charge in [-0.15, -0.1) is 0 Å². The number of methoxy groups -OCH3 is 2. The molecule has 0 aliphatic carbocycles. The van der Waals surface area contributed by atoms with Crippen LogP contribution in [0.2, 0.25) is 0 Å². The first-order chi connectivity index (χ1) is 8.04. The van der Waals surface area contributed by atoms with Crippen molar-refractivity contribution in [3.8, 4) is 0 Å². The van der Waals surface area contributed by atoms with Crippen LogP contribution < -0.4 is 0 Å². The Kier molecular flexibility index (Phi) is 4.45. The molecule has 0 radical (unpaired) electrons. The molecule has 92 valence electrons. The molecule has 1 heterocycles. The Labute approximate surface area is 103 Å². The molecule has 0 saturated heterocycles. The maximum Gasteiger partial charge on any atom is 0.357 e. The Morgan fingerprint density at radius 3 is 2.18 bits per heavy atom. The molecule has 7 heteroatoms. The van der Waals surface area contributed by atoms with E-state index in [1.165, 1.54) is 26.0 Å². The van der Waals surface area contributed by atoms with Gasteiger partial charge in [0.25, 0.3) is 0 Å². The van der Waals surface area contributed by atoms with Gasteiger partial charge >= 0.3 is 11.9 Å². The SMILES string of the molecule is COC(=O)c1nc(SC)nc(C)c1C(=O)OC. The van der Waals surface area contributed by atoms with E-state index in [-0.39, 0.29) is 11.3 Å². The minimum absolute atomic E-state index is 0.0390. The van der Waals surface area contributed by atoms with Crippen LogP contribution in [0, 0.1) is 6.92 Å². The van der Waals surface area contributed by atoms with E-state index in [0.29, 0.717) is 10.9 Å². The zero-order valence-electron chi connectivity index (χ0n) is 9.94. The lowest BCUT2D eigenvalue weighted by molar-refractivity contribution is 0.0547. The van der Waals surface area contributed by atoms with Crippen LogP contribution in [0.25, 0.3) is 0 Å². The van der Waals surface area contributed by atoms with Crippen molar-refractivity contribution in [2.45, 2.75) is 12.1 Å². The van der Waals surface area contributed by atoms with Crippen LogP contribution in [0.4, 0.5) is 0 Å². The van der Waals surface area contributed by atoms with Crippen LogP contribution in [-0.4, -0.2) is 42.4 Å². The summed E-state index contributed by atoms with van der Waals surface area (Å²) < 4.78 is 9.17. The summed E-state index contributed by atoms with van der Waals surface area (Å²) in [6, 6.07) is 0. The molecule has 0 amide bonds. The van der Waals surface area contributed by atoms with E-state index >= 15 is 0 Å². The maximum absolute atomic E-state index is 11.6. The molecule has 0 bridgehead atoms. The molecule has 0 aliphatic rings. The molecule has 0 unspecified atom stereocenters. The lowest BCUT2D eigenvalue weighted by Gasteiger charge is -2.09. The molecule has 17 heavy (non-hydrogen) atoms. The highest BCUT2D eigenvalue weighted by atomic mass is 32.2. The predicted molar refractivity (Wildman–Crippen MR) is 61.2 cm³/mol. The highest BCUT2D eigenvalue weighted by molar-refractivity contribution is 7.98. The van der Waals surface area contributed by atoms with Gasteiger partial charge in [-0.25, -0.2) is 19.6 Å². The van der Waals surface area contributed by atoms with Gasteiger partial charge in [-0.1, -0.05) is 11.8 Å². The first-order valence-electron chi connectivity index (χ1n) is 4.64. The molecule has 0 aliphatic heterocycles. The van der Waals surface area contributed by atoms with Crippen molar-refractivity contribution in [3.63, 3.8) is 0 Å². The largest absolute Gasteiger partial charge is 0.465 e. The fourth-order valence-electron chi connectivity index (χ4n) is 1.23. The second kappa shape index (κ2) is 5.62. The van der Waals surface area contributed by atoms with E-state index in [4.69, 9.17) is 0 Å². The number of aromatic nitrogens is 2. The quantitative estimate of drug-likeness (QED) is 0.455. The number of hydrogen-bond acceptors (Lipinski definition) is 7. The van der Waals surface area contributed by atoms with Crippen LogP contribution in [-0.2, 0) is 9.47 Å². The zero-order chi connectivity index (χ0) is 13.0. The summed E-state index contributed by atoms with van der Waals surface area (Å²) in [6.07, 6.45) is 1.77. The Morgan fingerprint density at radius 2 is 1.71 bits per heavy atom. The van der Waals surface area contributed by atoms with E-state index in [0.717, 1.165) is 0 Å². The molecule has 0 atom stereocenters. The van der Waals surface area contributed by atoms with Crippen molar-refractivity contribution in [1.82, 2.24) is 9.97 Å². The third-order valence-electron chi connectivity index (χ3n) is 2.02. The van der Waals surface area contributed by atoms with E-state index in [1.54, 1.807) is 13.2 Å². The van der Waals surface area contributed by atoms with Crippen LogP contribution in [0.5, 0.6) is 0 Å². The highest BCUT2D eigenvalue weighted by Gasteiger charge is 2.24. The normalized spacial score (nSPS) is 9.88. The third-order valence-corrected chi connectivity index (χ3v) is 2.57. The van der Waals surface area contributed by atoms with Gasteiger partial charge in [-0.3, -0.25) is 0 Å². The van der Waals surface area contributed by atoms with Gasteiger partial charge in [0.15, 0.2) is 10.9 Å². The van der Waals surface area contributed by atoms with E-state index in [1.807, 2.05) is 0 Å². The molecule has 6 nitrogen and oxygen atoms in total. The molecule has 1 aromatic rings. The predicted octanol–water partition coefficient (Wildman–Crippen LogP) is 1.08. The van der Waals surface area contributed by atoms with Crippen molar-refractivity contribution in [3.05, 3.63) is 17.0 Å². The first-order valence-corrected chi connectivity index (χ1v) is 5.86. The number of carbonyl (C=O) groups is 2. The second-order valence-electron chi connectivity index (χ2n) is 3.00. The topological polar surface area (TPSA) is 78.4 Å². The summed E-state index contributed by atoms with van der Waals surface area (Å²) in [7, 11) is 2.45. The first kappa shape index (κ1) is 13.4. The van der Waals surface area contributed by atoms with Crippen molar-refractivity contribution >= 4 is 23.7 Å².